The maximum absolute atomic E-state index is 12.6. The summed E-state index contributed by atoms with van der Waals surface area (Å²) in [5.74, 6) is 0.488. The molecule has 6 nitrogen and oxygen atoms in total. The second kappa shape index (κ2) is 10.9. The summed E-state index contributed by atoms with van der Waals surface area (Å²) in [6.07, 6.45) is 1.10. The van der Waals surface area contributed by atoms with Crippen molar-refractivity contribution < 1.29 is 17.9 Å². The average molecular weight is 507 g/mol. The molecular weight excluding hydrogens is 483 g/mol. The first kappa shape index (κ1) is 24.9. The number of rotatable bonds is 9. The van der Waals surface area contributed by atoms with E-state index in [4.69, 9.17) is 27.9 Å². The van der Waals surface area contributed by atoms with E-state index in [1.165, 1.54) is 4.31 Å². The van der Waals surface area contributed by atoms with Gasteiger partial charge in [0.25, 0.3) is 5.91 Å². The van der Waals surface area contributed by atoms with Gasteiger partial charge < -0.3 is 10.1 Å². The van der Waals surface area contributed by atoms with Gasteiger partial charge in [-0.25, -0.2) is 8.42 Å². The molecule has 0 aliphatic rings. The minimum Gasteiger partial charge on any atom is -0.494 e. The molecule has 3 aromatic carbocycles. The van der Waals surface area contributed by atoms with Gasteiger partial charge in [-0.15, -0.1) is 0 Å². The van der Waals surface area contributed by atoms with Gasteiger partial charge in [-0.1, -0.05) is 59.6 Å². The summed E-state index contributed by atoms with van der Waals surface area (Å²) >= 11 is 12.3. The van der Waals surface area contributed by atoms with Crippen molar-refractivity contribution in [1.29, 1.82) is 0 Å². The summed E-state index contributed by atoms with van der Waals surface area (Å²) < 4.78 is 31.6. The number of para-hydroxylation sites is 1. The number of sulfonamides is 1. The Hall–Kier alpha value is -2.74. The summed E-state index contributed by atoms with van der Waals surface area (Å²) in [6, 6.07) is 19.1. The van der Waals surface area contributed by atoms with Crippen LogP contribution in [0, 0.1) is 0 Å². The molecule has 0 spiro atoms. The highest BCUT2D eigenvalue weighted by Gasteiger charge is 2.21. The molecular formula is C24H24Cl2N2O4S. The van der Waals surface area contributed by atoms with E-state index < -0.39 is 10.0 Å². The molecule has 3 rings (SSSR count). The number of halogens is 2. The number of nitrogens with zero attached hydrogens (tertiary/aromatic N) is 1. The van der Waals surface area contributed by atoms with Crippen LogP contribution in [0.15, 0.2) is 66.7 Å². The van der Waals surface area contributed by atoms with Crippen molar-refractivity contribution in [2.45, 2.75) is 20.0 Å². The third kappa shape index (κ3) is 6.41. The molecule has 174 valence electrons. The smallest absolute Gasteiger partial charge is 0.251 e. The third-order valence-electron chi connectivity index (χ3n) is 4.85. The van der Waals surface area contributed by atoms with Gasteiger partial charge in [-0.05, 0) is 42.8 Å². The van der Waals surface area contributed by atoms with Gasteiger partial charge in [-0.2, -0.15) is 0 Å². The highest BCUT2D eigenvalue weighted by Crippen LogP contribution is 2.34. The Morgan fingerprint density at radius 3 is 2.36 bits per heavy atom. The largest absolute Gasteiger partial charge is 0.494 e. The lowest BCUT2D eigenvalue weighted by Gasteiger charge is -2.24. The van der Waals surface area contributed by atoms with E-state index in [9.17, 15) is 13.2 Å². The van der Waals surface area contributed by atoms with Crippen LogP contribution < -0.4 is 14.4 Å². The molecule has 0 fully saturated rings. The fourth-order valence-corrected chi connectivity index (χ4v) is 4.56. The maximum Gasteiger partial charge on any atom is 0.251 e. The number of carbonyl (C=O) groups excluding carboxylic acids is 1. The van der Waals surface area contributed by atoms with Crippen molar-refractivity contribution >= 4 is 44.8 Å². The van der Waals surface area contributed by atoms with Gasteiger partial charge in [0.1, 0.15) is 5.75 Å². The molecule has 0 aromatic heterocycles. The van der Waals surface area contributed by atoms with Crippen molar-refractivity contribution in [3.63, 3.8) is 0 Å². The molecule has 0 bridgehead atoms. The molecule has 0 aliphatic carbocycles. The lowest BCUT2D eigenvalue weighted by atomic mass is 10.1. The van der Waals surface area contributed by atoms with Crippen molar-refractivity contribution in [3.05, 3.63) is 93.5 Å². The number of nitrogens with one attached hydrogen (secondary N) is 1. The quantitative estimate of drug-likeness (QED) is 0.427. The second-order valence-corrected chi connectivity index (χ2v) is 9.95. The number of amides is 1. The summed E-state index contributed by atoms with van der Waals surface area (Å²) in [5.41, 5.74) is 2.32. The molecule has 3 aromatic rings. The highest BCUT2D eigenvalue weighted by atomic mass is 35.5. The van der Waals surface area contributed by atoms with E-state index in [2.05, 4.69) is 5.32 Å². The normalized spacial score (nSPS) is 11.2. The zero-order chi connectivity index (χ0) is 24.0. The molecule has 0 heterocycles. The first-order valence-electron chi connectivity index (χ1n) is 10.2. The number of anilines is 1. The lowest BCUT2D eigenvalue weighted by molar-refractivity contribution is 0.0950. The Kier molecular flexibility index (Phi) is 8.24. The predicted molar refractivity (Wildman–Crippen MR) is 133 cm³/mol. The first-order chi connectivity index (χ1) is 15.7. The molecule has 1 amide bonds. The molecule has 9 heteroatoms. The molecule has 0 unspecified atom stereocenters. The van der Waals surface area contributed by atoms with Crippen LogP contribution in [-0.4, -0.2) is 27.2 Å². The van der Waals surface area contributed by atoms with E-state index in [-0.39, 0.29) is 22.5 Å². The lowest BCUT2D eigenvalue weighted by Crippen LogP contribution is -2.29. The van der Waals surface area contributed by atoms with E-state index in [0.717, 1.165) is 17.6 Å². The molecule has 0 saturated heterocycles. The molecule has 33 heavy (non-hydrogen) atoms. The number of hydrogen-bond donors (Lipinski definition) is 1. The second-order valence-electron chi connectivity index (χ2n) is 7.26. The van der Waals surface area contributed by atoms with E-state index in [1.807, 2.05) is 31.2 Å². The fourth-order valence-electron chi connectivity index (χ4n) is 3.22. The maximum atomic E-state index is 12.6. The van der Waals surface area contributed by atoms with E-state index in [0.29, 0.717) is 30.0 Å². The topological polar surface area (TPSA) is 75.7 Å². The van der Waals surface area contributed by atoms with Gasteiger partial charge in [0, 0.05) is 17.7 Å². The van der Waals surface area contributed by atoms with Crippen molar-refractivity contribution in [2.24, 2.45) is 0 Å². The number of hydrogen-bond acceptors (Lipinski definition) is 4. The van der Waals surface area contributed by atoms with E-state index >= 15 is 0 Å². The monoisotopic (exact) mass is 506 g/mol. The van der Waals surface area contributed by atoms with Gasteiger partial charge in [0.15, 0.2) is 0 Å². The minimum absolute atomic E-state index is 0.0442. The number of ether oxygens (including phenoxy) is 1. The van der Waals surface area contributed by atoms with Crippen LogP contribution >= 0.6 is 23.2 Å². The number of carbonyl (C=O) groups is 1. The third-order valence-corrected chi connectivity index (χ3v) is 6.79. The van der Waals surface area contributed by atoms with Crippen LogP contribution in [0.4, 0.5) is 5.69 Å². The first-order valence-corrected chi connectivity index (χ1v) is 12.8. The fraction of sp³-hybridized carbons (Fsp3) is 0.208. The predicted octanol–water partition coefficient (Wildman–Crippen LogP) is 5.29. The van der Waals surface area contributed by atoms with Crippen molar-refractivity contribution in [2.75, 3.05) is 17.2 Å². The molecule has 0 saturated carbocycles. The van der Waals surface area contributed by atoms with Crippen LogP contribution in [0.1, 0.15) is 28.4 Å². The van der Waals surface area contributed by atoms with Crippen LogP contribution in [-0.2, 0) is 23.1 Å². The zero-order valence-corrected chi connectivity index (χ0v) is 20.5. The van der Waals surface area contributed by atoms with Gasteiger partial charge in [0.05, 0.1) is 35.1 Å². The number of benzene rings is 3. The highest BCUT2D eigenvalue weighted by molar-refractivity contribution is 7.92. The van der Waals surface area contributed by atoms with Crippen LogP contribution in [0.3, 0.4) is 0 Å². The summed E-state index contributed by atoms with van der Waals surface area (Å²) in [6.45, 7) is 2.81. The zero-order valence-electron chi connectivity index (χ0n) is 18.2. The summed E-state index contributed by atoms with van der Waals surface area (Å²) in [5, 5.41) is 3.31. The van der Waals surface area contributed by atoms with Crippen LogP contribution in [0.5, 0.6) is 5.75 Å². The summed E-state index contributed by atoms with van der Waals surface area (Å²) in [4.78, 5) is 12.6. The average Bonchev–Trinajstić information content (AvgIpc) is 2.79. The van der Waals surface area contributed by atoms with Crippen molar-refractivity contribution in [3.8, 4) is 5.75 Å². The Morgan fingerprint density at radius 2 is 1.70 bits per heavy atom. The summed E-state index contributed by atoms with van der Waals surface area (Å²) in [7, 11) is -3.63. The Balaban J connectivity index is 1.72. The molecule has 1 N–H and O–H groups in total. The van der Waals surface area contributed by atoms with Crippen molar-refractivity contribution in [1.82, 2.24) is 5.32 Å². The van der Waals surface area contributed by atoms with Gasteiger partial charge >= 0.3 is 0 Å². The molecule has 0 atom stereocenters. The standard InChI is InChI=1S/C24H24Cl2N2O4S/c1-3-32-22-10-5-4-7-19(22)15-27-24(29)18-13-11-17(12-14-18)16-28(33(2,30)31)21-9-6-8-20(25)23(21)26/h4-14H,3,15-16H2,1-2H3,(H,27,29). The van der Waals surface area contributed by atoms with E-state index in [1.54, 1.807) is 42.5 Å². The van der Waals surface area contributed by atoms with Gasteiger partial charge in [0.2, 0.25) is 10.0 Å². The van der Waals surface area contributed by atoms with Crippen LogP contribution in [0.25, 0.3) is 0 Å². The SMILES string of the molecule is CCOc1ccccc1CNC(=O)c1ccc(CN(c2cccc(Cl)c2Cl)S(C)(=O)=O)cc1. The Bertz CT molecular complexity index is 1230. The van der Waals surface area contributed by atoms with Crippen LogP contribution in [0.2, 0.25) is 10.0 Å². The van der Waals surface area contributed by atoms with Gasteiger partial charge in [-0.3, -0.25) is 9.10 Å². The Labute approximate surface area is 204 Å². The minimum atomic E-state index is -3.63. The Morgan fingerprint density at radius 1 is 1.00 bits per heavy atom. The molecule has 0 radical (unpaired) electrons. The molecule has 0 aliphatic heterocycles.